The van der Waals surface area contributed by atoms with Crippen molar-refractivity contribution in [3.8, 4) is 0 Å². The second-order valence-corrected chi connectivity index (χ2v) is 3.94. The molecule has 7 nitrogen and oxygen atoms in total. The molecule has 2 N–H and O–H groups in total. The van der Waals surface area contributed by atoms with E-state index in [0.717, 1.165) is 13.1 Å². The molecular weight excluding hydrogens is 228 g/mol. The fourth-order valence-electron chi connectivity index (χ4n) is 1.00. The minimum absolute atomic E-state index is 0.0359. The first-order valence-corrected chi connectivity index (χ1v) is 6.06. The summed E-state index contributed by atoms with van der Waals surface area (Å²) in [5.74, 6) is 0.296. The highest BCUT2D eigenvalue weighted by Crippen LogP contribution is 2.12. The minimum Gasteiger partial charge on any atom is -0.358 e. The first-order valence-electron chi connectivity index (χ1n) is 5.08. The summed E-state index contributed by atoms with van der Waals surface area (Å²) in [7, 11) is 1.61. The number of carbonyl (C=O) groups is 1. The molecule has 0 saturated heterocycles. The summed E-state index contributed by atoms with van der Waals surface area (Å²) in [6, 6.07) is 0. The van der Waals surface area contributed by atoms with Crippen molar-refractivity contribution in [1.29, 1.82) is 0 Å². The highest BCUT2D eigenvalue weighted by molar-refractivity contribution is 7.99. The van der Waals surface area contributed by atoms with Gasteiger partial charge >= 0.3 is 0 Å². The number of amides is 1. The molecule has 1 rings (SSSR count). The lowest BCUT2D eigenvalue weighted by Crippen LogP contribution is -2.22. The van der Waals surface area contributed by atoms with Gasteiger partial charge < -0.3 is 10.6 Å². The van der Waals surface area contributed by atoms with Crippen molar-refractivity contribution in [2.75, 3.05) is 25.9 Å². The van der Waals surface area contributed by atoms with E-state index in [1.165, 1.54) is 11.8 Å². The Bertz CT molecular complexity index is 328. The minimum atomic E-state index is -0.0359. The summed E-state index contributed by atoms with van der Waals surface area (Å²) < 4.78 is 1.69. The molecule has 0 aliphatic rings. The quantitative estimate of drug-likeness (QED) is 0.479. The normalized spacial score (nSPS) is 10.4. The zero-order chi connectivity index (χ0) is 11.8. The van der Waals surface area contributed by atoms with Gasteiger partial charge in [-0.15, -0.1) is 5.10 Å². The Morgan fingerprint density at radius 1 is 1.56 bits per heavy atom. The Hall–Kier alpha value is -1.15. The summed E-state index contributed by atoms with van der Waals surface area (Å²) in [5.41, 5.74) is 0. The molecule has 1 aromatic rings. The van der Waals surface area contributed by atoms with Crippen molar-refractivity contribution in [3.63, 3.8) is 0 Å². The largest absolute Gasteiger partial charge is 0.358 e. The Balaban J connectivity index is 2.40. The number of aromatic nitrogens is 4. The lowest BCUT2D eigenvalue weighted by atomic mass is 10.6. The Labute approximate surface area is 98.4 Å². The van der Waals surface area contributed by atoms with Crippen LogP contribution >= 0.6 is 11.8 Å². The van der Waals surface area contributed by atoms with Crippen LogP contribution in [0.1, 0.15) is 6.92 Å². The fraction of sp³-hybridized carbons (Fsp3) is 0.750. The molecule has 1 aromatic heterocycles. The monoisotopic (exact) mass is 244 g/mol. The zero-order valence-electron chi connectivity index (χ0n) is 9.43. The SMILES string of the molecule is CCNCCn1nnnc1SCC(=O)NC. The standard InChI is InChI=1S/C8H16N6OS/c1-3-10-4-5-14-8(11-12-13-14)16-6-7(15)9-2/h10H,3-6H2,1-2H3,(H,9,15). The third kappa shape index (κ3) is 4.15. The van der Waals surface area contributed by atoms with Crippen LogP contribution in [-0.2, 0) is 11.3 Å². The van der Waals surface area contributed by atoms with Crippen molar-refractivity contribution < 1.29 is 4.79 Å². The molecule has 90 valence electrons. The van der Waals surface area contributed by atoms with Gasteiger partial charge in [-0.25, -0.2) is 4.68 Å². The van der Waals surface area contributed by atoms with Gasteiger partial charge in [0, 0.05) is 13.6 Å². The van der Waals surface area contributed by atoms with E-state index in [-0.39, 0.29) is 5.91 Å². The van der Waals surface area contributed by atoms with Crippen LogP contribution in [0.5, 0.6) is 0 Å². The average Bonchev–Trinajstić information content (AvgIpc) is 2.74. The van der Waals surface area contributed by atoms with Gasteiger partial charge in [0.2, 0.25) is 11.1 Å². The molecule has 0 saturated carbocycles. The van der Waals surface area contributed by atoms with Gasteiger partial charge in [0.15, 0.2) is 0 Å². The maximum Gasteiger partial charge on any atom is 0.230 e. The molecule has 0 spiro atoms. The molecule has 0 radical (unpaired) electrons. The number of hydrogen-bond donors (Lipinski definition) is 2. The van der Waals surface area contributed by atoms with E-state index < -0.39 is 0 Å². The van der Waals surface area contributed by atoms with Crippen LogP contribution in [0.3, 0.4) is 0 Å². The number of carbonyl (C=O) groups excluding carboxylic acids is 1. The van der Waals surface area contributed by atoms with Crippen LogP contribution in [0.25, 0.3) is 0 Å². The Morgan fingerprint density at radius 3 is 3.06 bits per heavy atom. The van der Waals surface area contributed by atoms with E-state index in [1.807, 2.05) is 6.92 Å². The number of nitrogens with one attached hydrogen (secondary N) is 2. The van der Waals surface area contributed by atoms with Gasteiger partial charge in [-0.2, -0.15) is 0 Å². The summed E-state index contributed by atoms with van der Waals surface area (Å²) >= 11 is 1.33. The van der Waals surface area contributed by atoms with E-state index in [1.54, 1.807) is 11.7 Å². The molecule has 16 heavy (non-hydrogen) atoms. The number of tetrazole rings is 1. The summed E-state index contributed by atoms with van der Waals surface area (Å²) in [6.45, 7) is 4.48. The molecule has 0 atom stereocenters. The van der Waals surface area contributed by atoms with Gasteiger partial charge in [0.25, 0.3) is 0 Å². The van der Waals surface area contributed by atoms with Gasteiger partial charge in [-0.05, 0) is 17.0 Å². The number of nitrogens with zero attached hydrogens (tertiary/aromatic N) is 4. The molecule has 0 aromatic carbocycles. The predicted octanol–water partition coefficient (Wildman–Crippen LogP) is -0.879. The second-order valence-electron chi connectivity index (χ2n) is 3.00. The van der Waals surface area contributed by atoms with Crippen LogP contribution in [0.15, 0.2) is 5.16 Å². The molecule has 0 aliphatic carbocycles. The number of hydrogen-bond acceptors (Lipinski definition) is 6. The van der Waals surface area contributed by atoms with Crippen LogP contribution in [0.4, 0.5) is 0 Å². The second kappa shape index (κ2) is 7.18. The first kappa shape index (κ1) is 12.9. The van der Waals surface area contributed by atoms with Crippen LogP contribution in [0.2, 0.25) is 0 Å². The lowest BCUT2D eigenvalue weighted by Gasteiger charge is -2.04. The maximum atomic E-state index is 11.1. The van der Waals surface area contributed by atoms with Gasteiger partial charge in [-0.1, -0.05) is 18.7 Å². The molecule has 1 heterocycles. The highest BCUT2D eigenvalue weighted by Gasteiger charge is 2.08. The summed E-state index contributed by atoms with van der Waals surface area (Å²) in [4.78, 5) is 11.1. The predicted molar refractivity (Wildman–Crippen MR) is 61.2 cm³/mol. The maximum absolute atomic E-state index is 11.1. The van der Waals surface area contributed by atoms with E-state index in [9.17, 15) is 4.79 Å². The third-order valence-electron chi connectivity index (χ3n) is 1.86. The Morgan fingerprint density at radius 2 is 2.38 bits per heavy atom. The first-order chi connectivity index (χ1) is 7.77. The highest BCUT2D eigenvalue weighted by atomic mass is 32.2. The molecule has 1 amide bonds. The van der Waals surface area contributed by atoms with Crippen molar-refractivity contribution in [3.05, 3.63) is 0 Å². The van der Waals surface area contributed by atoms with Crippen molar-refractivity contribution in [2.45, 2.75) is 18.6 Å². The molecule has 0 bridgehead atoms. The van der Waals surface area contributed by atoms with Gasteiger partial charge in [0.1, 0.15) is 0 Å². The fourth-order valence-corrected chi connectivity index (χ4v) is 1.78. The van der Waals surface area contributed by atoms with E-state index in [0.29, 0.717) is 17.5 Å². The molecule has 0 fully saturated rings. The number of thioether (sulfide) groups is 1. The molecular formula is C8H16N6OS. The molecule has 0 unspecified atom stereocenters. The topological polar surface area (TPSA) is 84.7 Å². The smallest absolute Gasteiger partial charge is 0.230 e. The van der Waals surface area contributed by atoms with E-state index in [2.05, 4.69) is 26.2 Å². The number of rotatable bonds is 7. The molecule has 8 heteroatoms. The summed E-state index contributed by atoms with van der Waals surface area (Å²) in [5, 5.41) is 17.7. The van der Waals surface area contributed by atoms with Crippen LogP contribution < -0.4 is 10.6 Å². The Kier molecular flexibility index (Phi) is 5.79. The van der Waals surface area contributed by atoms with Gasteiger partial charge in [0.05, 0.1) is 12.3 Å². The third-order valence-corrected chi connectivity index (χ3v) is 2.82. The van der Waals surface area contributed by atoms with Gasteiger partial charge in [-0.3, -0.25) is 4.79 Å². The van der Waals surface area contributed by atoms with Crippen molar-refractivity contribution in [1.82, 2.24) is 30.8 Å². The summed E-state index contributed by atoms with van der Waals surface area (Å²) in [6.07, 6.45) is 0. The lowest BCUT2D eigenvalue weighted by molar-refractivity contribution is -0.118. The molecule has 0 aliphatic heterocycles. The van der Waals surface area contributed by atoms with E-state index in [4.69, 9.17) is 0 Å². The van der Waals surface area contributed by atoms with E-state index >= 15 is 0 Å². The van der Waals surface area contributed by atoms with Crippen LogP contribution in [-0.4, -0.2) is 52.0 Å². The van der Waals surface area contributed by atoms with Crippen LogP contribution in [0, 0.1) is 0 Å². The number of likely N-dealkylation sites (N-methyl/N-ethyl adjacent to an activating group) is 1. The van der Waals surface area contributed by atoms with Crippen molar-refractivity contribution in [2.24, 2.45) is 0 Å². The average molecular weight is 244 g/mol. The van der Waals surface area contributed by atoms with Crippen molar-refractivity contribution >= 4 is 17.7 Å². The zero-order valence-corrected chi connectivity index (χ0v) is 10.3.